The molecule has 1 rings (SSSR count). The van der Waals surface area contributed by atoms with Crippen molar-refractivity contribution in [2.75, 3.05) is 6.61 Å². The average molecular weight is 262 g/mol. The number of rotatable bonds is 5. The van der Waals surface area contributed by atoms with E-state index in [9.17, 15) is 14.9 Å². The van der Waals surface area contributed by atoms with E-state index in [1.54, 1.807) is 13.8 Å². The number of hydrogen-bond donors (Lipinski definition) is 0. The third kappa shape index (κ3) is 3.42. The molecule has 0 aliphatic rings. The average Bonchev–Trinajstić information content (AvgIpc) is 2.60. The lowest BCUT2D eigenvalue weighted by Gasteiger charge is -2.07. The molecule has 7 nitrogen and oxygen atoms in total. The summed E-state index contributed by atoms with van der Waals surface area (Å²) in [6.07, 6.45) is 1.41. The van der Waals surface area contributed by atoms with Crippen LogP contribution in [0.15, 0.2) is 6.20 Å². The van der Waals surface area contributed by atoms with Crippen LogP contribution in [0.5, 0.6) is 0 Å². The lowest BCUT2D eigenvalue weighted by Crippen LogP contribution is -2.14. The van der Waals surface area contributed by atoms with Crippen LogP contribution < -0.4 is 0 Å². The minimum Gasteiger partial charge on any atom is -0.466 e. The van der Waals surface area contributed by atoms with Crippen LogP contribution in [0.2, 0.25) is 5.02 Å². The Morgan fingerprint density at radius 1 is 1.76 bits per heavy atom. The number of carbonyl (C=O) groups excluding carboxylic acids is 1. The van der Waals surface area contributed by atoms with Gasteiger partial charge in [-0.1, -0.05) is 11.6 Å². The van der Waals surface area contributed by atoms with E-state index in [0.717, 1.165) is 0 Å². The largest absolute Gasteiger partial charge is 0.466 e. The molecule has 0 radical (unpaired) electrons. The van der Waals surface area contributed by atoms with Crippen LogP contribution >= 0.6 is 11.6 Å². The molecule has 0 aliphatic carbocycles. The maximum Gasteiger partial charge on any atom is 0.408 e. The van der Waals surface area contributed by atoms with Crippen molar-refractivity contribution in [3.05, 3.63) is 21.3 Å². The van der Waals surface area contributed by atoms with Crippen molar-refractivity contribution in [3.8, 4) is 0 Å². The van der Waals surface area contributed by atoms with Gasteiger partial charge in [0, 0.05) is 0 Å². The molecule has 1 aromatic rings. The molecule has 0 spiro atoms. The SMILES string of the molecule is CCOC(=O)CC(C)n1cc(Cl)c([N+](=O)[O-])n1. The second-order valence-corrected chi connectivity index (χ2v) is 3.80. The summed E-state index contributed by atoms with van der Waals surface area (Å²) < 4.78 is 6.06. The molecule has 0 bridgehead atoms. The Bertz CT molecular complexity index is 432. The maximum atomic E-state index is 11.2. The first kappa shape index (κ1) is 13.4. The van der Waals surface area contributed by atoms with Gasteiger partial charge in [0.15, 0.2) is 5.02 Å². The molecule has 0 saturated carbocycles. The van der Waals surface area contributed by atoms with Crippen molar-refractivity contribution in [2.45, 2.75) is 26.3 Å². The van der Waals surface area contributed by atoms with Gasteiger partial charge in [-0.25, -0.2) is 0 Å². The number of aromatic nitrogens is 2. The molecule has 1 heterocycles. The van der Waals surface area contributed by atoms with Crippen LogP contribution in [0.25, 0.3) is 0 Å². The molecule has 17 heavy (non-hydrogen) atoms. The third-order valence-electron chi connectivity index (χ3n) is 2.06. The molecule has 0 saturated heterocycles. The van der Waals surface area contributed by atoms with Gasteiger partial charge in [0.2, 0.25) is 0 Å². The van der Waals surface area contributed by atoms with Crippen molar-refractivity contribution < 1.29 is 14.5 Å². The van der Waals surface area contributed by atoms with Gasteiger partial charge in [-0.05, 0) is 18.8 Å². The lowest BCUT2D eigenvalue weighted by molar-refractivity contribution is -0.389. The van der Waals surface area contributed by atoms with Crippen molar-refractivity contribution in [2.24, 2.45) is 0 Å². The predicted octanol–water partition coefficient (Wildman–Crippen LogP) is 1.96. The van der Waals surface area contributed by atoms with E-state index in [1.165, 1.54) is 10.9 Å². The monoisotopic (exact) mass is 261 g/mol. The van der Waals surface area contributed by atoms with Crippen LogP contribution in [-0.4, -0.2) is 27.3 Å². The Hall–Kier alpha value is -1.63. The van der Waals surface area contributed by atoms with Gasteiger partial charge in [0.1, 0.15) is 0 Å². The highest BCUT2D eigenvalue weighted by molar-refractivity contribution is 6.32. The highest BCUT2D eigenvalue weighted by Crippen LogP contribution is 2.24. The van der Waals surface area contributed by atoms with E-state index in [4.69, 9.17) is 16.3 Å². The van der Waals surface area contributed by atoms with Gasteiger partial charge in [-0.3, -0.25) is 4.79 Å². The zero-order chi connectivity index (χ0) is 13.0. The Kier molecular flexibility index (Phi) is 4.45. The van der Waals surface area contributed by atoms with E-state index in [0.29, 0.717) is 6.61 Å². The van der Waals surface area contributed by atoms with Crippen LogP contribution in [0.4, 0.5) is 5.82 Å². The topological polar surface area (TPSA) is 87.3 Å². The molecule has 0 fully saturated rings. The minimum absolute atomic E-state index is 0.0503. The Morgan fingerprint density at radius 3 is 2.88 bits per heavy atom. The zero-order valence-electron chi connectivity index (χ0n) is 9.42. The van der Waals surface area contributed by atoms with Gasteiger partial charge >= 0.3 is 11.8 Å². The number of hydrogen-bond acceptors (Lipinski definition) is 5. The minimum atomic E-state index is -0.671. The van der Waals surface area contributed by atoms with E-state index in [2.05, 4.69) is 5.10 Å². The number of nitro groups is 1. The summed E-state index contributed by atoms with van der Waals surface area (Å²) in [6, 6.07) is -0.347. The summed E-state index contributed by atoms with van der Waals surface area (Å²) >= 11 is 5.64. The van der Waals surface area contributed by atoms with Crippen molar-refractivity contribution in [1.82, 2.24) is 9.78 Å². The fourth-order valence-corrected chi connectivity index (χ4v) is 1.47. The second kappa shape index (κ2) is 5.62. The van der Waals surface area contributed by atoms with Crippen molar-refractivity contribution in [3.63, 3.8) is 0 Å². The summed E-state index contributed by atoms with van der Waals surface area (Å²) in [5.74, 6) is -0.795. The molecule has 0 amide bonds. The van der Waals surface area contributed by atoms with Crippen LogP contribution in [0.1, 0.15) is 26.3 Å². The molecular formula is C9H12ClN3O4. The number of esters is 1. The summed E-state index contributed by atoms with van der Waals surface area (Å²) in [7, 11) is 0. The summed E-state index contributed by atoms with van der Waals surface area (Å²) in [5, 5.41) is 14.2. The normalized spacial score (nSPS) is 12.2. The Balaban J connectivity index is 2.76. The molecule has 8 heteroatoms. The first-order valence-electron chi connectivity index (χ1n) is 5.00. The lowest BCUT2D eigenvalue weighted by atomic mass is 10.2. The smallest absolute Gasteiger partial charge is 0.408 e. The van der Waals surface area contributed by atoms with Gasteiger partial charge in [-0.15, -0.1) is 0 Å². The summed E-state index contributed by atoms with van der Waals surface area (Å²) in [6.45, 7) is 3.70. The first-order chi connectivity index (χ1) is 7.95. The number of ether oxygens (including phenoxy) is 1. The quantitative estimate of drug-likeness (QED) is 0.459. The predicted molar refractivity (Wildman–Crippen MR) is 59.9 cm³/mol. The molecular weight excluding hydrogens is 250 g/mol. The van der Waals surface area contributed by atoms with Crippen molar-refractivity contribution >= 4 is 23.4 Å². The fourth-order valence-electron chi connectivity index (χ4n) is 1.26. The highest BCUT2D eigenvalue weighted by Gasteiger charge is 2.23. The van der Waals surface area contributed by atoms with E-state index in [-0.39, 0.29) is 23.5 Å². The van der Waals surface area contributed by atoms with Crippen LogP contribution in [-0.2, 0) is 9.53 Å². The van der Waals surface area contributed by atoms with Crippen molar-refractivity contribution in [1.29, 1.82) is 0 Å². The first-order valence-corrected chi connectivity index (χ1v) is 5.38. The maximum absolute atomic E-state index is 11.2. The zero-order valence-corrected chi connectivity index (χ0v) is 10.2. The molecule has 0 aromatic carbocycles. The van der Waals surface area contributed by atoms with Gasteiger partial charge in [-0.2, -0.15) is 4.68 Å². The second-order valence-electron chi connectivity index (χ2n) is 3.40. The van der Waals surface area contributed by atoms with Crippen LogP contribution in [0.3, 0.4) is 0 Å². The highest BCUT2D eigenvalue weighted by atomic mass is 35.5. The molecule has 1 aromatic heterocycles. The summed E-state index contributed by atoms with van der Waals surface area (Å²) in [5.41, 5.74) is 0. The molecule has 94 valence electrons. The molecule has 0 N–H and O–H groups in total. The van der Waals surface area contributed by atoms with Gasteiger partial charge in [0.05, 0.1) is 30.4 Å². The van der Waals surface area contributed by atoms with E-state index < -0.39 is 10.7 Å². The fraction of sp³-hybridized carbons (Fsp3) is 0.556. The number of carbonyl (C=O) groups is 1. The number of halogens is 1. The van der Waals surface area contributed by atoms with E-state index >= 15 is 0 Å². The Morgan fingerprint density at radius 2 is 2.41 bits per heavy atom. The number of nitrogens with zero attached hydrogens (tertiary/aromatic N) is 3. The van der Waals surface area contributed by atoms with E-state index in [1.807, 2.05) is 0 Å². The molecule has 1 unspecified atom stereocenters. The third-order valence-corrected chi connectivity index (χ3v) is 2.33. The van der Waals surface area contributed by atoms with Crippen LogP contribution in [0, 0.1) is 10.1 Å². The Labute approximate surface area is 102 Å². The molecule has 0 aliphatic heterocycles. The van der Waals surface area contributed by atoms with Gasteiger partial charge in [0.25, 0.3) is 0 Å². The molecule has 1 atom stereocenters. The summed E-state index contributed by atoms with van der Waals surface area (Å²) in [4.78, 5) is 21.1. The standard InChI is InChI=1S/C9H12ClN3O4/c1-3-17-8(14)4-6(2)12-5-7(10)9(11-12)13(15)16/h5-6H,3-4H2,1-2H3. The van der Waals surface area contributed by atoms with Gasteiger partial charge < -0.3 is 14.9 Å².